The van der Waals surface area contributed by atoms with E-state index in [0.717, 1.165) is 44.9 Å². The Morgan fingerprint density at radius 3 is 1.10 bits per heavy atom. The van der Waals surface area contributed by atoms with Crippen LogP contribution in [-0.4, -0.2) is 87.4 Å². The molecule has 9 nitrogen and oxygen atoms in total. The summed E-state index contributed by atoms with van der Waals surface area (Å²) in [5, 5.41) is 9.69. The molecule has 0 aliphatic carbocycles. The number of allylic oxidation sites excluding steroid dienone is 4. The summed E-state index contributed by atoms with van der Waals surface area (Å²) in [6, 6.07) is 0. The van der Waals surface area contributed by atoms with Crippen LogP contribution in [0.1, 0.15) is 303 Å². The molecule has 0 aliphatic heterocycles. The third-order valence-electron chi connectivity index (χ3n) is 14.0. The second-order valence-electron chi connectivity index (χ2n) is 22.4. The highest BCUT2D eigenvalue weighted by Crippen LogP contribution is 2.18. The molecule has 0 spiro atoms. The number of hydrogen-bond acceptors (Lipinski definition) is 7. The number of nitrogens with zero attached hydrogens (tertiary/aromatic N) is 1. The van der Waals surface area contributed by atoms with Gasteiger partial charge in [0.05, 0.1) is 34.4 Å². The number of rotatable bonds is 58. The van der Waals surface area contributed by atoms with Gasteiger partial charge in [0.25, 0.3) is 6.29 Å². The smallest absolute Gasteiger partial charge is 0.361 e. The van der Waals surface area contributed by atoms with E-state index in [4.69, 9.17) is 18.9 Å². The average molecular weight is 1020 g/mol. The third kappa shape index (κ3) is 55.5. The number of carboxylic acid groups (broad SMARTS) is 1. The van der Waals surface area contributed by atoms with Crippen molar-refractivity contribution in [1.82, 2.24) is 0 Å². The highest BCUT2D eigenvalue weighted by Gasteiger charge is 2.25. The molecule has 0 aromatic heterocycles. The molecule has 0 radical (unpaired) electrons. The van der Waals surface area contributed by atoms with Crippen molar-refractivity contribution in [2.45, 2.75) is 315 Å². The Bertz CT molecular complexity index is 1230. The summed E-state index contributed by atoms with van der Waals surface area (Å²) in [4.78, 5) is 37.3. The second-order valence-corrected chi connectivity index (χ2v) is 22.4. The molecule has 0 saturated carbocycles. The van der Waals surface area contributed by atoms with Crippen LogP contribution in [0.25, 0.3) is 0 Å². The highest BCUT2D eigenvalue weighted by molar-refractivity contribution is 5.71. The lowest BCUT2D eigenvalue weighted by atomic mass is 10.0. The molecule has 9 heteroatoms. The average Bonchev–Trinajstić information content (AvgIpc) is 3.35. The van der Waals surface area contributed by atoms with Crippen molar-refractivity contribution in [2.75, 3.05) is 47.5 Å². The van der Waals surface area contributed by atoms with E-state index in [-0.39, 0.29) is 38.2 Å². The molecule has 0 aliphatic rings. The zero-order valence-corrected chi connectivity index (χ0v) is 48.4. The monoisotopic (exact) mass is 1020 g/mol. The Kier molecular flexibility index (Phi) is 53.3. The van der Waals surface area contributed by atoms with Crippen molar-refractivity contribution in [3.8, 4) is 0 Å². The number of likely N-dealkylation sites (N-methyl/N-ethyl adjacent to an activating group) is 1. The lowest BCUT2D eigenvalue weighted by molar-refractivity contribution is -0.870. The van der Waals surface area contributed by atoms with Crippen molar-refractivity contribution < 1.29 is 42.9 Å². The lowest BCUT2D eigenvalue weighted by Crippen LogP contribution is -2.40. The van der Waals surface area contributed by atoms with Gasteiger partial charge in [0.1, 0.15) is 13.2 Å². The summed E-state index contributed by atoms with van der Waals surface area (Å²) in [7, 11) is 5.98. The van der Waals surface area contributed by atoms with Crippen molar-refractivity contribution in [1.29, 1.82) is 0 Å². The molecule has 0 aromatic rings. The topological polar surface area (TPSA) is 108 Å². The molecule has 424 valence electrons. The van der Waals surface area contributed by atoms with Crippen LogP contribution in [0.4, 0.5) is 0 Å². The van der Waals surface area contributed by atoms with Crippen LogP contribution < -0.4 is 0 Å². The van der Waals surface area contributed by atoms with Crippen LogP contribution >= 0.6 is 0 Å². The maximum Gasteiger partial charge on any atom is 0.361 e. The van der Waals surface area contributed by atoms with Gasteiger partial charge in [0.15, 0.2) is 6.10 Å². The molecule has 72 heavy (non-hydrogen) atoms. The minimum Gasteiger partial charge on any atom is -0.477 e. The number of carbonyl (C=O) groups is 3. The summed E-state index contributed by atoms with van der Waals surface area (Å²) in [6.07, 6.45) is 62.9. The molecule has 0 fully saturated rings. The number of aliphatic carboxylic acids is 1. The predicted molar refractivity (Wildman–Crippen MR) is 304 cm³/mol. The predicted octanol–water partition coefficient (Wildman–Crippen LogP) is 18.3. The Morgan fingerprint density at radius 1 is 0.417 bits per heavy atom. The molecule has 0 bridgehead atoms. The third-order valence-corrected chi connectivity index (χ3v) is 14.0. The number of unbranched alkanes of at least 4 members (excludes halogenated alkanes) is 39. The second kappa shape index (κ2) is 55.0. The summed E-state index contributed by atoms with van der Waals surface area (Å²) < 4.78 is 22.9. The Labute approximate surface area is 446 Å². The van der Waals surface area contributed by atoms with Gasteiger partial charge in [-0.15, -0.1) is 0 Å². The quantitative estimate of drug-likeness (QED) is 0.0211. The Hall–Kier alpha value is -2.23. The maximum atomic E-state index is 12.9. The number of quaternary nitrogens is 1. The molecular formula is C63H120NO8+. The molecule has 0 saturated heterocycles. The molecule has 1 N–H and O–H groups in total. The largest absolute Gasteiger partial charge is 0.477 e. The molecule has 0 amide bonds. The SMILES string of the molecule is CCCCCCC/C=C\C/C=C\CCCCCCCCCCCCCCCCCCCCCCCCCC(=O)OC(COC(=O)CCCCCCCCCCCCCC)COC(OCC[N+](C)(C)C)C(=O)O. The number of ether oxygens (including phenoxy) is 4. The fourth-order valence-corrected chi connectivity index (χ4v) is 9.16. The van der Waals surface area contributed by atoms with Gasteiger partial charge < -0.3 is 28.5 Å². The normalized spacial score (nSPS) is 12.8. The van der Waals surface area contributed by atoms with Crippen molar-refractivity contribution in [3.05, 3.63) is 24.3 Å². The van der Waals surface area contributed by atoms with Gasteiger partial charge in [-0.05, 0) is 44.9 Å². The number of carboxylic acids is 1. The molecule has 0 aromatic carbocycles. The van der Waals surface area contributed by atoms with Crippen molar-refractivity contribution in [2.24, 2.45) is 0 Å². The van der Waals surface area contributed by atoms with E-state index in [9.17, 15) is 19.5 Å². The minimum absolute atomic E-state index is 0.175. The van der Waals surface area contributed by atoms with Crippen molar-refractivity contribution >= 4 is 17.9 Å². The summed E-state index contributed by atoms with van der Waals surface area (Å²) in [6.45, 7) is 4.90. The first kappa shape index (κ1) is 69.8. The van der Waals surface area contributed by atoms with Crippen LogP contribution in [0.2, 0.25) is 0 Å². The standard InChI is InChI=1S/C63H119NO8/c1-6-8-10-12-14-16-18-20-21-22-23-24-25-26-27-28-29-30-31-32-33-34-35-36-37-38-39-40-41-42-44-46-48-50-52-54-61(66)72-59(58-71-63(62(67)68)69-56-55-64(3,4)5)57-70-60(65)53-51-49-47-45-43-19-17-15-13-11-9-7-2/h18,20,22-23,59,63H,6-17,19,21,24-58H2,1-5H3/p+1/b20-18-,23-22-. The number of carbonyl (C=O) groups excluding carboxylic acids is 2. The van der Waals surface area contributed by atoms with Crippen molar-refractivity contribution in [3.63, 3.8) is 0 Å². The van der Waals surface area contributed by atoms with E-state index in [0.29, 0.717) is 17.4 Å². The lowest BCUT2D eigenvalue weighted by Gasteiger charge is -2.25. The molecule has 2 unspecified atom stereocenters. The van der Waals surface area contributed by atoms with Gasteiger partial charge in [-0.1, -0.05) is 269 Å². The first-order valence-corrected chi connectivity index (χ1v) is 31.0. The molecular weight excluding hydrogens is 899 g/mol. The van der Waals surface area contributed by atoms with E-state index in [1.807, 2.05) is 21.1 Å². The van der Waals surface area contributed by atoms with Crippen LogP contribution in [0, 0.1) is 0 Å². The summed E-state index contributed by atoms with van der Waals surface area (Å²) in [5.74, 6) is -1.98. The van der Waals surface area contributed by atoms with Crippen LogP contribution in [-0.2, 0) is 33.3 Å². The van der Waals surface area contributed by atoms with Gasteiger partial charge in [0, 0.05) is 12.8 Å². The van der Waals surface area contributed by atoms with Gasteiger partial charge in [0.2, 0.25) is 0 Å². The number of hydrogen-bond donors (Lipinski definition) is 1. The minimum atomic E-state index is -1.50. The van der Waals surface area contributed by atoms with E-state index >= 15 is 0 Å². The van der Waals surface area contributed by atoms with E-state index < -0.39 is 18.4 Å². The van der Waals surface area contributed by atoms with E-state index in [1.54, 1.807) is 0 Å². The van der Waals surface area contributed by atoms with E-state index in [1.165, 1.54) is 231 Å². The number of esters is 2. The Balaban J connectivity index is 3.97. The molecule has 2 atom stereocenters. The van der Waals surface area contributed by atoms with Gasteiger partial charge in [-0.3, -0.25) is 9.59 Å². The highest BCUT2D eigenvalue weighted by atomic mass is 16.7. The van der Waals surface area contributed by atoms with E-state index in [2.05, 4.69) is 38.2 Å². The maximum absolute atomic E-state index is 12.9. The zero-order valence-electron chi connectivity index (χ0n) is 48.4. The summed E-state index contributed by atoms with van der Waals surface area (Å²) in [5.41, 5.74) is 0. The molecule has 0 heterocycles. The summed E-state index contributed by atoms with van der Waals surface area (Å²) >= 11 is 0. The van der Waals surface area contributed by atoms with Crippen LogP contribution in [0.15, 0.2) is 24.3 Å². The fourth-order valence-electron chi connectivity index (χ4n) is 9.16. The van der Waals surface area contributed by atoms with Gasteiger partial charge in [-0.2, -0.15) is 0 Å². The zero-order chi connectivity index (χ0) is 52.7. The Morgan fingerprint density at radius 2 is 0.750 bits per heavy atom. The van der Waals surface area contributed by atoms with Gasteiger partial charge >= 0.3 is 17.9 Å². The van der Waals surface area contributed by atoms with Crippen LogP contribution in [0.3, 0.4) is 0 Å². The van der Waals surface area contributed by atoms with Crippen LogP contribution in [0.5, 0.6) is 0 Å². The first-order chi connectivity index (χ1) is 35.1. The van der Waals surface area contributed by atoms with Gasteiger partial charge in [-0.25, -0.2) is 4.79 Å². The molecule has 0 rings (SSSR count). The fraction of sp³-hybridized carbons (Fsp3) is 0.889. The first-order valence-electron chi connectivity index (χ1n) is 31.0.